The monoisotopic (exact) mass is 495 g/mol. The number of nitrogens with zero attached hydrogens (tertiary/aromatic N) is 1. The summed E-state index contributed by atoms with van der Waals surface area (Å²) in [7, 11) is -1.90. The molecule has 0 saturated carbocycles. The number of ether oxygens (including phenoxy) is 1. The van der Waals surface area contributed by atoms with Gasteiger partial charge in [-0.1, -0.05) is 42.5 Å². The van der Waals surface area contributed by atoms with Crippen LogP contribution in [0.4, 0.5) is 11.4 Å². The summed E-state index contributed by atoms with van der Waals surface area (Å²) in [6.45, 7) is 1.14. The van der Waals surface area contributed by atoms with Crippen molar-refractivity contribution < 1.29 is 22.7 Å². The Labute approximate surface area is 206 Å². The molecule has 0 aliphatic carbocycles. The highest BCUT2D eigenvalue weighted by Crippen LogP contribution is 2.21. The highest BCUT2D eigenvalue weighted by atomic mass is 32.2. The molecule has 35 heavy (non-hydrogen) atoms. The summed E-state index contributed by atoms with van der Waals surface area (Å²) in [6.07, 6.45) is 1.84. The minimum Gasteiger partial charge on any atom is -0.385 e. The van der Waals surface area contributed by atoms with Crippen LogP contribution in [-0.2, 0) is 21.3 Å². The van der Waals surface area contributed by atoms with Gasteiger partial charge in [0.1, 0.15) is 0 Å². The zero-order valence-electron chi connectivity index (χ0n) is 19.7. The van der Waals surface area contributed by atoms with Crippen molar-refractivity contribution in [1.29, 1.82) is 0 Å². The van der Waals surface area contributed by atoms with E-state index in [0.717, 1.165) is 11.8 Å². The van der Waals surface area contributed by atoms with Crippen LogP contribution < -0.4 is 14.9 Å². The number of hydrogen-bond donors (Lipinski definition) is 2. The number of rotatable bonds is 11. The molecule has 2 N–H and O–H groups in total. The molecule has 0 spiro atoms. The van der Waals surface area contributed by atoms with Gasteiger partial charge in [0.15, 0.2) is 0 Å². The normalized spacial score (nSPS) is 11.0. The smallest absolute Gasteiger partial charge is 0.255 e. The molecule has 0 aromatic heterocycles. The molecular weight excluding hydrogens is 466 g/mol. The van der Waals surface area contributed by atoms with Crippen molar-refractivity contribution in [2.24, 2.45) is 0 Å². The first-order chi connectivity index (χ1) is 16.8. The Morgan fingerprint density at radius 1 is 0.886 bits per heavy atom. The van der Waals surface area contributed by atoms with E-state index >= 15 is 0 Å². The van der Waals surface area contributed by atoms with Crippen molar-refractivity contribution in [3.05, 3.63) is 95.6 Å². The molecule has 184 valence electrons. The van der Waals surface area contributed by atoms with Crippen LogP contribution in [0.5, 0.6) is 0 Å². The number of sulfonamides is 1. The number of benzene rings is 3. The van der Waals surface area contributed by atoms with Gasteiger partial charge in [-0.3, -0.25) is 13.9 Å². The van der Waals surface area contributed by atoms with E-state index in [-0.39, 0.29) is 18.4 Å². The molecule has 0 aliphatic rings. The number of para-hydroxylation sites is 2. The van der Waals surface area contributed by atoms with Crippen LogP contribution in [-0.4, -0.2) is 46.7 Å². The Hall–Kier alpha value is -3.69. The molecule has 0 fully saturated rings. The molecule has 0 atom stereocenters. The van der Waals surface area contributed by atoms with Crippen molar-refractivity contribution in [2.45, 2.75) is 13.0 Å². The lowest BCUT2D eigenvalue weighted by Gasteiger charge is -2.22. The summed E-state index contributed by atoms with van der Waals surface area (Å²) in [4.78, 5) is 25.4. The van der Waals surface area contributed by atoms with Gasteiger partial charge in [-0.15, -0.1) is 0 Å². The standard InChI is InChI=1S/C26H29N3O5S/c1-34-18-8-17-27-26(31)23-11-6-7-12-24(23)28-25(30)21-15-13-20(14-16-21)19-29(35(2,32)33)22-9-4-3-5-10-22/h3-7,9-16H,8,17-19H2,1-2H3,(H,27,31)(H,28,30). The number of amides is 2. The minimum atomic E-state index is -3.50. The van der Waals surface area contributed by atoms with Crippen LogP contribution in [0.2, 0.25) is 0 Å². The maximum atomic E-state index is 12.8. The Kier molecular flexibility index (Phi) is 8.99. The molecule has 3 aromatic carbocycles. The third-order valence-electron chi connectivity index (χ3n) is 5.22. The van der Waals surface area contributed by atoms with E-state index in [1.54, 1.807) is 79.9 Å². The quantitative estimate of drug-likeness (QED) is 0.395. The third kappa shape index (κ3) is 7.40. The van der Waals surface area contributed by atoms with Gasteiger partial charge in [0.25, 0.3) is 11.8 Å². The molecule has 0 aliphatic heterocycles. The van der Waals surface area contributed by atoms with Gasteiger partial charge < -0.3 is 15.4 Å². The number of anilines is 2. The summed E-state index contributed by atoms with van der Waals surface area (Å²) in [6, 6.07) is 22.3. The molecule has 3 rings (SSSR count). The predicted molar refractivity (Wildman–Crippen MR) is 137 cm³/mol. The van der Waals surface area contributed by atoms with Crippen LogP contribution in [0.1, 0.15) is 32.7 Å². The first kappa shape index (κ1) is 25.9. The zero-order valence-corrected chi connectivity index (χ0v) is 20.5. The highest BCUT2D eigenvalue weighted by molar-refractivity contribution is 7.92. The molecule has 8 nitrogen and oxygen atoms in total. The lowest BCUT2D eigenvalue weighted by molar-refractivity contribution is 0.0949. The zero-order chi connectivity index (χ0) is 25.3. The van der Waals surface area contributed by atoms with Crippen molar-refractivity contribution in [3.8, 4) is 0 Å². The van der Waals surface area contributed by atoms with Gasteiger partial charge >= 0.3 is 0 Å². The molecule has 0 saturated heterocycles. The van der Waals surface area contributed by atoms with Crippen LogP contribution in [0.25, 0.3) is 0 Å². The summed E-state index contributed by atoms with van der Waals surface area (Å²) < 4.78 is 30.9. The van der Waals surface area contributed by atoms with Crippen molar-refractivity contribution in [3.63, 3.8) is 0 Å². The average molecular weight is 496 g/mol. The lowest BCUT2D eigenvalue weighted by Crippen LogP contribution is -2.29. The SMILES string of the molecule is COCCCNC(=O)c1ccccc1NC(=O)c1ccc(CN(c2ccccc2)S(C)(=O)=O)cc1. The van der Waals surface area contributed by atoms with Crippen LogP contribution in [0, 0.1) is 0 Å². The molecule has 2 amide bonds. The van der Waals surface area contributed by atoms with E-state index in [9.17, 15) is 18.0 Å². The van der Waals surface area contributed by atoms with Crippen LogP contribution in [0.3, 0.4) is 0 Å². The van der Waals surface area contributed by atoms with Gasteiger partial charge in [-0.05, 0) is 48.4 Å². The van der Waals surface area contributed by atoms with E-state index in [0.29, 0.717) is 42.1 Å². The maximum Gasteiger partial charge on any atom is 0.255 e. The molecular formula is C26H29N3O5S. The molecule has 0 heterocycles. The van der Waals surface area contributed by atoms with Gasteiger partial charge in [0.05, 0.1) is 29.7 Å². The van der Waals surface area contributed by atoms with Crippen LogP contribution >= 0.6 is 0 Å². The Bertz CT molecular complexity index is 1250. The van der Waals surface area contributed by atoms with E-state index in [1.165, 1.54) is 4.31 Å². The maximum absolute atomic E-state index is 12.8. The second-order valence-corrected chi connectivity index (χ2v) is 9.81. The Balaban J connectivity index is 1.69. The van der Waals surface area contributed by atoms with E-state index in [4.69, 9.17) is 4.74 Å². The van der Waals surface area contributed by atoms with E-state index in [2.05, 4.69) is 10.6 Å². The largest absolute Gasteiger partial charge is 0.385 e. The average Bonchev–Trinajstić information content (AvgIpc) is 2.85. The fraction of sp³-hybridized carbons (Fsp3) is 0.231. The van der Waals surface area contributed by atoms with Crippen LogP contribution in [0.15, 0.2) is 78.9 Å². The van der Waals surface area contributed by atoms with Crippen molar-refractivity contribution in [2.75, 3.05) is 36.1 Å². The fourth-order valence-electron chi connectivity index (χ4n) is 3.42. The molecule has 9 heteroatoms. The van der Waals surface area contributed by atoms with Gasteiger partial charge in [-0.25, -0.2) is 8.42 Å². The van der Waals surface area contributed by atoms with E-state index in [1.807, 2.05) is 6.07 Å². The van der Waals surface area contributed by atoms with Crippen molar-refractivity contribution >= 4 is 33.2 Å². The second-order valence-electron chi connectivity index (χ2n) is 7.90. The minimum absolute atomic E-state index is 0.136. The molecule has 0 unspecified atom stereocenters. The number of carbonyl (C=O) groups is 2. The summed E-state index contributed by atoms with van der Waals surface area (Å²) in [5.74, 6) is -0.659. The lowest BCUT2D eigenvalue weighted by atomic mass is 10.1. The van der Waals surface area contributed by atoms with Gasteiger partial charge in [0, 0.05) is 25.8 Å². The summed E-state index contributed by atoms with van der Waals surface area (Å²) in [5, 5.41) is 5.60. The van der Waals surface area contributed by atoms with Gasteiger partial charge in [-0.2, -0.15) is 0 Å². The first-order valence-corrected chi connectivity index (χ1v) is 12.9. The van der Waals surface area contributed by atoms with Gasteiger partial charge in [0.2, 0.25) is 10.0 Å². The number of carbonyl (C=O) groups excluding carboxylic acids is 2. The third-order valence-corrected chi connectivity index (χ3v) is 6.36. The second kappa shape index (κ2) is 12.1. The van der Waals surface area contributed by atoms with Crippen molar-refractivity contribution in [1.82, 2.24) is 5.32 Å². The Morgan fingerprint density at radius 3 is 2.20 bits per heavy atom. The summed E-state index contributed by atoms with van der Waals surface area (Å²) in [5.41, 5.74) is 2.44. The Morgan fingerprint density at radius 2 is 1.54 bits per heavy atom. The molecule has 0 radical (unpaired) electrons. The number of hydrogen-bond acceptors (Lipinski definition) is 5. The number of nitrogens with one attached hydrogen (secondary N) is 2. The fourth-order valence-corrected chi connectivity index (χ4v) is 4.31. The molecule has 0 bridgehead atoms. The highest BCUT2D eigenvalue weighted by Gasteiger charge is 2.18. The van der Waals surface area contributed by atoms with E-state index < -0.39 is 10.0 Å². The number of methoxy groups -OCH3 is 1. The predicted octanol–water partition coefficient (Wildman–Crippen LogP) is 3.67. The first-order valence-electron chi connectivity index (χ1n) is 11.1. The summed E-state index contributed by atoms with van der Waals surface area (Å²) >= 11 is 0. The molecule has 3 aromatic rings. The topological polar surface area (TPSA) is 105 Å².